The molecule has 1 heteroatoms. The minimum absolute atomic E-state index is 0.255. The van der Waals surface area contributed by atoms with Gasteiger partial charge in [0.05, 0.1) is 12.5 Å². The topological polar surface area (TPSA) is 9.23 Å². The average molecular weight is 138 g/mol. The molecule has 1 aliphatic heterocycles. The minimum Gasteiger partial charge on any atom is -0.473 e. The molecule has 0 bridgehead atoms. The fraction of sp³-hybridized carbons (Fsp3) is 0.556. The normalized spacial score (nSPS) is 18.1. The van der Waals surface area contributed by atoms with Gasteiger partial charge in [0.1, 0.15) is 0 Å². The Hall–Kier alpha value is -0.720. The van der Waals surface area contributed by atoms with Gasteiger partial charge in [-0.1, -0.05) is 20.8 Å². The van der Waals surface area contributed by atoms with Crippen LogP contribution in [-0.4, -0.2) is 0 Å². The summed E-state index contributed by atoms with van der Waals surface area (Å²) in [5.41, 5.74) is 1.61. The lowest BCUT2D eigenvalue weighted by Gasteiger charge is -2.22. The zero-order valence-electron chi connectivity index (χ0n) is 6.85. The van der Waals surface area contributed by atoms with Crippen LogP contribution in [-0.2, 0) is 4.74 Å². The van der Waals surface area contributed by atoms with Gasteiger partial charge < -0.3 is 4.74 Å². The summed E-state index contributed by atoms with van der Waals surface area (Å²) in [6.45, 7) is 6.59. The molecule has 0 spiro atoms. The Morgan fingerprint density at radius 2 is 2.10 bits per heavy atom. The van der Waals surface area contributed by atoms with E-state index in [1.54, 1.807) is 6.26 Å². The molecular weight excluding hydrogens is 124 g/mol. The summed E-state index contributed by atoms with van der Waals surface area (Å²) < 4.78 is 5.07. The van der Waals surface area contributed by atoms with E-state index in [0.29, 0.717) is 0 Å². The number of ether oxygens (including phenoxy) is 1. The highest BCUT2D eigenvalue weighted by Gasteiger charge is 2.17. The zero-order valence-corrected chi connectivity index (χ0v) is 6.85. The van der Waals surface area contributed by atoms with Gasteiger partial charge in [-0.15, -0.1) is 0 Å². The van der Waals surface area contributed by atoms with Crippen LogP contribution in [0.4, 0.5) is 0 Å². The predicted molar refractivity (Wildman–Crippen MR) is 42.4 cm³/mol. The van der Waals surface area contributed by atoms with Crippen LogP contribution in [0.25, 0.3) is 0 Å². The average Bonchev–Trinajstić information content (AvgIpc) is 1.88. The summed E-state index contributed by atoms with van der Waals surface area (Å²) in [5.74, 6) is 0. The molecule has 0 aromatic carbocycles. The molecule has 0 unspecified atom stereocenters. The van der Waals surface area contributed by atoms with Crippen molar-refractivity contribution >= 4 is 0 Å². The van der Waals surface area contributed by atoms with E-state index in [-0.39, 0.29) is 5.41 Å². The van der Waals surface area contributed by atoms with Crippen molar-refractivity contribution in [2.75, 3.05) is 0 Å². The van der Waals surface area contributed by atoms with Crippen LogP contribution in [0, 0.1) is 5.41 Å². The first-order chi connectivity index (χ1) is 4.61. The van der Waals surface area contributed by atoms with Crippen molar-refractivity contribution in [3.05, 3.63) is 24.2 Å². The van der Waals surface area contributed by atoms with Gasteiger partial charge in [0.2, 0.25) is 0 Å². The molecule has 1 heterocycles. The van der Waals surface area contributed by atoms with E-state index in [2.05, 4.69) is 20.8 Å². The number of rotatable bonds is 0. The molecule has 0 atom stereocenters. The van der Waals surface area contributed by atoms with E-state index in [1.807, 2.05) is 12.3 Å². The van der Waals surface area contributed by atoms with Gasteiger partial charge in [0.25, 0.3) is 0 Å². The van der Waals surface area contributed by atoms with Crippen molar-refractivity contribution < 1.29 is 4.74 Å². The standard InChI is InChI=1S/C9H14O/c1-9(2,3)8-5-4-6-10-7-8/h4,6-7H,5H2,1-3H3. The molecule has 10 heavy (non-hydrogen) atoms. The van der Waals surface area contributed by atoms with Gasteiger partial charge in [-0.2, -0.15) is 0 Å². The highest BCUT2D eigenvalue weighted by Crippen LogP contribution is 2.29. The van der Waals surface area contributed by atoms with Crippen molar-refractivity contribution in [2.24, 2.45) is 5.41 Å². The molecule has 0 fully saturated rings. The van der Waals surface area contributed by atoms with E-state index in [4.69, 9.17) is 4.74 Å². The molecule has 0 aromatic heterocycles. The van der Waals surface area contributed by atoms with Crippen LogP contribution in [0.1, 0.15) is 27.2 Å². The monoisotopic (exact) mass is 138 g/mol. The van der Waals surface area contributed by atoms with Crippen molar-refractivity contribution in [3.8, 4) is 0 Å². The molecule has 0 amide bonds. The van der Waals surface area contributed by atoms with Gasteiger partial charge in [-0.25, -0.2) is 0 Å². The molecule has 0 saturated heterocycles. The van der Waals surface area contributed by atoms with Crippen LogP contribution in [0.3, 0.4) is 0 Å². The van der Waals surface area contributed by atoms with Crippen molar-refractivity contribution in [1.29, 1.82) is 0 Å². The molecule has 1 nitrogen and oxygen atoms in total. The van der Waals surface area contributed by atoms with E-state index in [0.717, 1.165) is 6.42 Å². The summed E-state index contributed by atoms with van der Waals surface area (Å²) in [7, 11) is 0. The molecule has 0 N–H and O–H groups in total. The number of hydrogen-bond acceptors (Lipinski definition) is 1. The Morgan fingerprint density at radius 1 is 1.40 bits per heavy atom. The highest BCUT2D eigenvalue weighted by atomic mass is 16.5. The smallest absolute Gasteiger partial charge is 0.0901 e. The van der Waals surface area contributed by atoms with Crippen molar-refractivity contribution in [2.45, 2.75) is 27.2 Å². The molecule has 0 saturated carbocycles. The molecule has 0 radical (unpaired) electrons. The van der Waals surface area contributed by atoms with Crippen LogP contribution < -0.4 is 0 Å². The second-order valence-electron chi connectivity index (χ2n) is 3.61. The summed E-state index contributed by atoms with van der Waals surface area (Å²) >= 11 is 0. The van der Waals surface area contributed by atoms with E-state index >= 15 is 0 Å². The molecule has 0 aromatic rings. The van der Waals surface area contributed by atoms with Crippen LogP contribution in [0.5, 0.6) is 0 Å². The van der Waals surface area contributed by atoms with E-state index < -0.39 is 0 Å². The Labute approximate surface area is 62.4 Å². The van der Waals surface area contributed by atoms with Crippen LogP contribution in [0.2, 0.25) is 0 Å². The maximum Gasteiger partial charge on any atom is 0.0901 e. The van der Waals surface area contributed by atoms with E-state index in [9.17, 15) is 0 Å². The van der Waals surface area contributed by atoms with Gasteiger partial charge >= 0.3 is 0 Å². The molecular formula is C9H14O. The summed E-state index contributed by atoms with van der Waals surface area (Å²) in [4.78, 5) is 0. The quantitative estimate of drug-likeness (QED) is 0.500. The Morgan fingerprint density at radius 3 is 2.40 bits per heavy atom. The predicted octanol–water partition coefficient (Wildman–Crippen LogP) is 2.85. The van der Waals surface area contributed by atoms with Crippen molar-refractivity contribution in [1.82, 2.24) is 0 Å². The molecule has 0 aliphatic carbocycles. The third-order valence-electron chi connectivity index (χ3n) is 1.69. The fourth-order valence-corrected chi connectivity index (χ4v) is 0.883. The maximum absolute atomic E-state index is 5.07. The first-order valence-corrected chi connectivity index (χ1v) is 3.61. The van der Waals surface area contributed by atoms with Gasteiger partial charge in [-0.05, 0) is 23.5 Å². The summed E-state index contributed by atoms with van der Waals surface area (Å²) in [6, 6.07) is 0. The lowest BCUT2D eigenvalue weighted by atomic mass is 9.85. The minimum atomic E-state index is 0.255. The molecule has 56 valence electrons. The van der Waals surface area contributed by atoms with Gasteiger partial charge in [0.15, 0.2) is 0 Å². The second-order valence-corrected chi connectivity index (χ2v) is 3.61. The molecule has 1 aliphatic rings. The van der Waals surface area contributed by atoms with Crippen molar-refractivity contribution in [3.63, 3.8) is 0 Å². The SMILES string of the molecule is CC(C)(C)C1=COC=CC1. The third-order valence-corrected chi connectivity index (χ3v) is 1.69. The third kappa shape index (κ3) is 1.63. The fourth-order valence-electron chi connectivity index (χ4n) is 0.883. The molecule has 1 rings (SSSR count). The van der Waals surface area contributed by atoms with E-state index in [1.165, 1.54) is 5.57 Å². The zero-order chi connectivity index (χ0) is 7.61. The second kappa shape index (κ2) is 2.49. The highest BCUT2D eigenvalue weighted by molar-refractivity contribution is 5.14. The van der Waals surface area contributed by atoms with Gasteiger partial charge in [-0.3, -0.25) is 0 Å². The Bertz CT molecular complexity index is 170. The lowest BCUT2D eigenvalue weighted by Crippen LogP contribution is -2.10. The maximum atomic E-state index is 5.07. The number of hydrogen-bond donors (Lipinski definition) is 0. The summed E-state index contributed by atoms with van der Waals surface area (Å²) in [6.07, 6.45) is 6.65. The summed E-state index contributed by atoms with van der Waals surface area (Å²) in [5, 5.41) is 0. The van der Waals surface area contributed by atoms with Crippen LogP contribution in [0.15, 0.2) is 24.2 Å². The Kier molecular flexibility index (Phi) is 1.84. The van der Waals surface area contributed by atoms with Crippen LogP contribution >= 0.6 is 0 Å². The number of allylic oxidation sites excluding steroid dienone is 2. The largest absolute Gasteiger partial charge is 0.473 e. The van der Waals surface area contributed by atoms with Gasteiger partial charge in [0, 0.05) is 0 Å². The Balaban J connectivity index is 2.65. The first-order valence-electron chi connectivity index (χ1n) is 3.61. The first kappa shape index (κ1) is 7.39. The lowest BCUT2D eigenvalue weighted by molar-refractivity contribution is 0.359.